The topological polar surface area (TPSA) is 55.9 Å². The van der Waals surface area contributed by atoms with Crippen molar-refractivity contribution < 1.29 is 9.59 Å². The minimum atomic E-state index is 0.0495. The Balaban J connectivity index is 1.30. The number of hydrogen-bond acceptors (Lipinski definition) is 4. The van der Waals surface area contributed by atoms with Gasteiger partial charge in [-0.1, -0.05) is 30.3 Å². The number of carbonyl (C=O) groups is 2. The Hall–Kier alpha value is -2.51. The fourth-order valence-corrected chi connectivity index (χ4v) is 6.50. The Morgan fingerprint density at radius 2 is 1.77 bits per heavy atom. The number of thioether (sulfide) groups is 1. The van der Waals surface area contributed by atoms with Crippen LogP contribution in [0.1, 0.15) is 59.1 Å². The van der Waals surface area contributed by atoms with E-state index in [0.717, 1.165) is 69.5 Å². The van der Waals surface area contributed by atoms with Gasteiger partial charge in [0.05, 0.1) is 6.04 Å². The van der Waals surface area contributed by atoms with Crippen molar-refractivity contribution in [1.29, 1.82) is 0 Å². The molecular weight excluding hydrogens is 456 g/mol. The van der Waals surface area contributed by atoms with Crippen molar-refractivity contribution in [2.75, 3.05) is 46.0 Å². The zero-order valence-corrected chi connectivity index (χ0v) is 21.6. The Morgan fingerprint density at radius 3 is 2.49 bits per heavy atom. The third kappa shape index (κ3) is 4.94. The van der Waals surface area contributed by atoms with Gasteiger partial charge in [0.15, 0.2) is 0 Å². The van der Waals surface area contributed by atoms with Crippen LogP contribution in [-0.2, 0) is 0 Å². The number of rotatable bonds is 7. The lowest BCUT2D eigenvalue weighted by Crippen LogP contribution is -2.54. The molecule has 2 unspecified atom stereocenters. The molecule has 0 aliphatic carbocycles. The lowest BCUT2D eigenvalue weighted by atomic mass is 9.84. The van der Waals surface area contributed by atoms with Gasteiger partial charge < -0.3 is 20.0 Å². The van der Waals surface area contributed by atoms with E-state index >= 15 is 0 Å². The Kier molecular flexibility index (Phi) is 7.35. The van der Waals surface area contributed by atoms with Crippen LogP contribution >= 0.6 is 11.8 Å². The SMILES string of the molecule is CSc1ccc(C(CCN2CCC(N3CCCNC3=O)CC2)C2c3ccccc3C(=O)N2C)cc1. The number of nitrogens with zero attached hydrogens (tertiary/aromatic N) is 3. The predicted molar refractivity (Wildman–Crippen MR) is 141 cm³/mol. The number of fused-ring (bicyclic) bond motifs is 1. The first kappa shape index (κ1) is 24.2. The number of likely N-dealkylation sites (N-methyl/N-ethyl adjacent to an activating group) is 1. The minimum Gasteiger partial charge on any atom is -0.338 e. The van der Waals surface area contributed by atoms with Crippen molar-refractivity contribution in [2.24, 2.45) is 0 Å². The summed E-state index contributed by atoms with van der Waals surface area (Å²) in [6, 6.07) is 17.5. The molecular formula is C28H36N4O2S. The molecule has 3 amide bonds. The molecule has 5 rings (SSSR count). The molecule has 2 saturated heterocycles. The Morgan fingerprint density at radius 1 is 1.03 bits per heavy atom. The van der Waals surface area contributed by atoms with Crippen LogP contribution in [0.2, 0.25) is 0 Å². The van der Waals surface area contributed by atoms with Crippen LogP contribution in [-0.4, -0.2) is 78.7 Å². The second-order valence-electron chi connectivity index (χ2n) is 9.97. The number of benzene rings is 2. The molecule has 2 aromatic carbocycles. The van der Waals surface area contributed by atoms with Crippen molar-refractivity contribution in [2.45, 2.75) is 48.6 Å². The molecule has 0 radical (unpaired) electrons. The second-order valence-corrected chi connectivity index (χ2v) is 10.8. The third-order valence-corrected chi connectivity index (χ3v) is 8.78. The quantitative estimate of drug-likeness (QED) is 0.575. The van der Waals surface area contributed by atoms with Gasteiger partial charge >= 0.3 is 6.03 Å². The third-order valence-electron chi connectivity index (χ3n) is 8.04. The van der Waals surface area contributed by atoms with Gasteiger partial charge in [0.25, 0.3) is 5.91 Å². The summed E-state index contributed by atoms with van der Waals surface area (Å²) in [5, 5.41) is 2.99. The molecule has 3 aliphatic heterocycles. The van der Waals surface area contributed by atoms with Crippen molar-refractivity contribution in [3.63, 3.8) is 0 Å². The summed E-state index contributed by atoms with van der Waals surface area (Å²) >= 11 is 1.75. The molecule has 0 aromatic heterocycles. The van der Waals surface area contributed by atoms with E-state index in [1.54, 1.807) is 11.8 Å². The van der Waals surface area contributed by atoms with E-state index in [9.17, 15) is 9.59 Å². The number of nitrogens with one attached hydrogen (secondary N) is 1. The summed E-state index contributed by atoms with van der Waals surface area (Å²) in [6.45, 7) is 4.71. The molecule has 3 aliphatic rings. The number of amides is 3. The Bertz CT molecular complexity index is 1050. The maximum atomic E-state index is 13.0. The van der Waals surface area contributed by atoms with Gasteiger partial charge in [-0.2, -0.15) is 0 Å². The maximum Gasteiger partial charge on any atom is 0.317 e. The highest BCUT2D eigenvalue weighted by Crippen LogP contribution is 2.44. The molecule has 3 heterocycles. The standard InChI is InChI=1S/C28H36N4O2S/c1-30-26(24-6-3-4-7-25(24)27(30)33)23(20-8-10-22(35-2)11-9-20)14-19-31-17-12-21(13-18-31)32-16-5-15-29-28(32)34/h3-4,6-11,21,23,26H,5,12-19H2,1-2H3,(H,29,34). The van der Waals surface area contributed by atoms with E-state index < -0.39 is 0 Å². The summed E-state index contributed by atoms with van der Waals surface area (Å²) in [6.07, 6.45) is 6.20. The molecule has 186 valence electrons. The van der Waals surface area contributed by atoms with Crippen LogP contribution < -0.4 is 5.32 Å². The first-order chi connectivity index (χ1) is 17.1. The van der Waals surface area contributed by atoms with E-state index in [-0.39, 0.29) is 23.9 Å². The number of carbonyl (C=O) groups excluding carboxylic acids is 2. The van der Waals surface area contributed by atoms with Gasteiger partial charge in [-0.25, -0.2) is 4.79 Å². The molecule has 0 spiro atoms. The fourth-order valence-electron chi connectivity index (χ4n) is 6.09. The monoisotopic (exact) mass is 492 g/mol. The summed E-state index contributed by atoms with van der Waals surface area (Å²) in [5.74, 6) is 0.353. The van der Waals surface area contributed by atoms with Crippen molar-refractivity contribution in [1.82, 2.24) is 20.0 Å². The van der Waals surface area contributed by atoms with Crippen molar-refractivity contribution in [3.8, 4) is 0 Å². The molecule has 2 fully saturated rings. The predicted octanol–water partition coefficient (Wildman–Crippen LogP) is 4.59. The number of urea groups is 1. The molecule has 2 atom stereocenters. The van der Waals surface area contributed by atoms with E-state index in [0.29, 0.717) is 6.04 Å². The van der Waals surface area contributed by atoms with Gasteiger partial charge in [-0.3, -0.25) is 4.79 Å². The van der Waals surface area contributed by atoms with Gasteiger partial charge in [0.2, 0.25) is 0 Å². The Labute approximate surface area is 213 Å². The lowest BCUT2D eigenvalue weighted by Gasteiger charge is -2.40. The van der Waals surface area contributed by atoms with Crippen molar-refractivity contribution in [3.05, 3.63) is 65.2 Å². The van der Waals surface area contributed by atoms with Crippen LogP contribution in [0.15, 0.2) is 53.4 Å². The average molecular weight is 493 g/mol. The lowest BCUT2D eigenvalue weighted by molar-refractivity contribution is 0.0740. The number of likely N-dealkylation sites (tertiary alicyclic amines) is 1. The normalized spacial score (nSPS) is 22.3. The molecule has 0 saturated carbocycles. The fraction of sp³-hybridized carbons (Fsp3) is 0.500. The van der Waals surface area contributed by atoms with E-state index in [1.807, 2.05) is 35.0 Å². The molecule has 2 aromatic rings. The summed E-state index contributed by atoms with van der Waals surface area (Å²) in [7, 11) is 1.95. The van der Waals surface area contributed by atoms with Gasteiger partial charge in [-0.05, 0) is 67.8 Å². The molecule has 1 N–H and O–H groups in total. The number of piperidine rings is 1. The largest absolute Gasteiger partial charge is 0.338 e. The number of hydrogen-bond donors (Lipinski definition) is 1. The molecule has 35 heavy (non-hydrogen) atoms. The van der Waals surface area contributed by atoms with Gasteiger partial charge in [-0.15, -0.1) is 11.8 Å². The maximum absolute atomic E-state index is 13.0. The van der Waals surface area contributed by atoms with Crippen LogP contribution in [0.25, 0.3) is 0 Å². The minimum absolute atomic E-state index is 0.0495. The van der Waals surface area contributed by atoms with E-state index in [1.165, 1.54) is 10.5 Å². The first-order valence-corrected chi connectivity index (χ1v) is 14.1. The zero-order valence-electron chi connectivity index (χ0n) is 20.8. The van der Waals surface area contributed by atoms with Crippen LogP contribution in [0.3, 0.4) is 0 Å². The molecule has 0 bridgehead atoms. The van der Waals surface area contributed by atoms with E-state index in [4.69, 9.17) is 0 Å². The van der Waals surface area contributed by atoms with Crippen LogP contribution in [0.4, 0.5) is 4.79 Å². The molecule has 7 heteroatoms. The smallest absolute Gasteiger partial charge is 0.317 e. The second kappa shape index (κ2) is 10.6. The highest BCUT2D eigenvalue weighted by molar-refractivity contribution is 7.98. The molecule has 6 nitrogen and oxygen atoms in total. The van der Waals surface area contributed by atoms with E-state index in [2.05, 4.69) is 46.8 Å². The van der Waals surface area contributed by atoms with Crippen molar-refractivity contribution >= 4 is 23.7 Å². The zero-order chi connectivity index (χ0) is 24.4. The summed E-state index contributed by atoms with van der Waals surface area (Å²) in [4.78, 5) is 33.1. The first-order valence-electron chi connectivity index (χ1n) is 12.8. The van der Waals surface area contributed by atoms with Gasteiger partial charge in [0, 0.05) is 55.6 Å². The summed E-state index contributed by atoms with van der Waals surface area (Å²) in [5.41, 5.74) is 3.28. The highest BCUT2D eigenvalue weighted by atomic mass is 32.2. The average Bonchev–Trinajstić information content (AvgIpc) is 3.15. The van der Waals surface area contributed by atoms with Crippen LogP contribution in [0, 0.1) is 0 Å². The highest BCUT2D eigenvalue weighted by Gasteiger charge is 2.39. The van der Waals surface area contributed by atoms with Crippen LogP contribution in [0.5, 0.6) is 0 Å². The van der Waals surface area contributed by atoms with Gasteiger partial charge in [0.1, 0.15) is 0 Å². The summed E-state index contributed by atoms with van der Waals surface area (Å²) < 4.78 is 0.